The number of nitrogens with zero attached hydrogens (tertiary/aromatic N) is 3. The van der Waals surface area contributed by atoms with Crippen molar-refractivity contribution in [2.75, 3.05) is 13.1 Å². The molecule has 3 rings (SSSR count). The smallest absolute Gasteiger partial charge is 0.255 e. The van der Waals surface area contributed by atoms with Gasteiger partial charge in [0.1, 0.15) is 0 Å². The minimum Gasteiger partial charge on any atom is -0.338 e. The van der Waals surface area contributed by atoms with Crippen molar-refractivity contribution in [1.29, 1.82) is 0 Å². The normalized spacial score (nSPS) is 18.7. The van der Waals surface area contributed by atoms with Crippen molar-refractivity contribution < 1.29 is 4.79 Å². The first-order valence-electron chi connectivity index (χ1n) is 7.10. The zero-order valence-electron chi connectivity index (χ0n) is 12.0. The van der Waals surface area contributed by atoms with E-state index in [4.69, 9.17) is 0 Å². The third kappa shape index (κ3) is 2.74. The fourth-order valence-electron chi connectivity index (χ4n) is 2.81. The molecule has 0 bridgehead atoms. The second-order valence-corrected chi connectivity index (χ2v) is 5.47. The van der Waals surface area contributed by atoms with Crippen molar-refractivity contribution in [2.45, 2.75) is 18.8 Å². The summed E-state index contributed by atoms with van der Waals surface area (Å²) in [4.78, 5) is 25.8. The summed E-state index contributed by atoms with van der Waals surface area (Å²) in [7, 11) is 1.66. The molecule has 1 aliphatic rings. The molecule has 0 spiro atoms. The molecule has 110 valence electrons. The molecule has 0 unspecified atom stereocenters. The number of nitrogens with one attached hydrogen (secondary N) is 1. The molecular formula is C15H18N4O2. The van der Waals surface area contributed by atoms with Crippen molar-refractivity contribution >= 4 is 5.91 Å². The highest BCUT2D eigenvalue weighted by Crippen LogP contribution is 2.26. The molecule has 1 atom stereocenters. The summed E-state index contributed by atoms with van der Waals surface area (Å²) in [6.07, 6.45) is 5.37. The number of hydrogen-bond donors (Lipinski definition) is 1. The fourth-order valence-corrected chi connectivity index (χ4v) is 2.81. The average Bonchev–Trinajstić information content (AvgIpc) is 3.04. The summed E-state index contributed by atoms with van der Waals surface area (Å²) in [5.41, 5.74) is 1.52. The molecule has 1 amide bonds. The van der Waals surface area contributed by atoms with Gasteiger partial charge >= 0.3 is 0 Å². The molecule has 3 heterocycles. The predicted octanol–water partition coefficient (Wildman–Crippen LogP) is 1.13. The van der Waals surface area contributed by atoms with Crippen LogP contribution in [0.5, 0.6) is 0 Å². The first kappa shape index (κ1) is 13.6. The maximum atomic E-state index is 12.6. The lowest BCUT2D eigenvalue weighted by atomic mass is 9.94. The van der Waals surface area contributed by atoms with Gasteiger partial charge in [0.2, 0.25) is 5.56 Å². The van der Waals surface area contributed by atoms with E-state index in [-0.39, 0.29) is 11.5 Å². The Hall–Kier alpha value is -2.37. The Morgan fingerprint density at radius 2 is 2.24 bits per heavy atom. The van der Waals surface area contributed by atoms with Gasteiger partial charge in [0.05, 0.1) is 5.56 Å². The molecule has 0 saturated carbocycles. The minimum atomic E-state index is -0.111. The number of piperidine rings is 1. The largest absolute Gasteiger partial charge is 0.338 e. The molecule has 1 fully saturated rings. The molecule has 2 aromatic heterocycles. The summed E-state index contributed by atoms with van der Waals surface area (Å²) in [6, 6.07) is 5.00. The second kappa shape index (κ2) is 5.55. The van der Waals surface area contributed by atoms with Crippen molar-refractivity contribution in [3.05, 3.63) is 52.2 Å². The van der Waals surface area contributed by atoms with Crippen LogP contribution in [0.3, 0.4) is 0 Å². The monoisotopic (exact) mass is 286 g/mol. The number of likely N-dealkylation sites (tertiary alicyclic amines) is 1. The molecule has 6 heteroatoms. The fraction of sp³-hybridized carbons (Fsp3) is 0.400. The topological polar surface area (TPSA) is 71.0 Å². The van der Waals surface area contributed by atoms with Crippen LogP contribution in [0, 0.1) is 0 Å². The molecule has 6 nitrogen and oxygen atoms in total. The molecule has 0 aromatic carbocycles. The van der Waals surface area contributed by atoms with E-state index in [0.29, 0.717) is 18.0 Å². The van der Waals surface area contributed by atoms with Crippen LogP contribution in [-0.4, -0.2) is 38.7 Å². The number of carbonyl (C=O) groups is 1. The van der Waals surface area contributed by atoms with Gasteiger partial charge in [-0.15, -0.1) is 0 Å². The Bertz CT molecular complexity index is 690. The van der Waals surface area contributed by atoms with Crippen molar-refractivity contribution in [3.63, 3.8) is 0 Å². The summed E-state index contributed by atoms with van der Waals surface area (Å²) >= 11 is 0. The van der Waals surface area contributed by atoms with E-state index in [2.05, 4.69) is 10.2 Å². The number of aryl methyl sites for hydroxylation is 1. The molecule has 2 aromatic rings. The van der Waals surface area contributed by atoms with Crippen LogP contribution < -0.4 is 5.56 Å². The van der Waals surface area contributed by atoms with Crippen LogP contribution in [0.15, 0.2) is 35.4 Å². The SMILES string of the molecule is Cn1cc(C(=O)N2CCC[C@H](c3ccn[nH]3)C2)ccc1=O. The summed E-state index contributed by atoms with van der Waals surface area (Å²) in [5.74, 6) is 0.285. The summed E-state index contributed by atoms with van der Waals surface area (Å²) in [5, 5.41) is 6.97. The molecule has 0 aliphatic carbocycles. The molecule has 21 heavy (non-hydrogen) atoms. The van der Waals surface area contributed by atoms with E-state index in [1.807, 2.05) is 11.0 Å². The van der Waals surface area contributed by atoms with E-state index < -0.39 is 0 Å². The Labute approximate surface area is 122 Å². The number of aromatic nitrogens is 3. The van der Waals surface area contributed by atoms with Gasteiger partial charge in [0.15, 0.2) is 0 Å². The number of pyridine rings is 1. The van der Waals surface area contributed by atoms with Gasteiger partial charge in [-0.1, -0.05) is 0 Å². The van der Waals surface area contributed by atoms with Crippen molar-refractivity contribution in [2.24, 2.45) is 7.05 Å². The van der Waals surface area contributed by atoms with E-state index in [9.17, 15) is 9.59 Å². The number of carbonyl (C=O) groups excluding carboxylic acids is 1. The number of amides is 1. The molecule has 0 radical (unpaired) electrons. The van der Waals surface area contributed by atoms with E-state index in [1.54, 1.807) is 25.5 Å². The van der Waals surface area contributed by atoms with Crippen molar-refractivity contribution in [3.8, 4) is 0 Å². The van der Waals surface area contributed by atoms with Gasteiger partial charge in [-0.3, -0.25) is 14.7 Å². The third-order valence-corrected chi connectivity index (χ3v) is 4.00. The molecule has 1 aliphatic heterocycles. The average molecular weight is 286 g/mol. The van der Waals surface area contributed by atoms with Gasteiger partial charge in [-0.05, 0) is 25.0 Å². The number of rotatable bonds is 2. The van der Waals surface area contributed by atoms with Crippen LogP contribution in [0.4, 0.5) is 0 Å². The van der Waals surface area contributed by atoms with Gasteiger partial charge in [0.25, 0.3) is 5.91 Å². The third-order valence-electron chi connectivity index (χ3n) is 4.00. The van der Waals surface area contributed by atoms with E-state index >= 15 is 0 Å². The Morgan fingerprint density at radius 3 is 2.95 bits per heavy atom. The lowest BCUT2D eigenvalue weighted by Crippen LogP contribution is -2.39. The van der Waals surface area contributed by atoms with Gasteiger partial charge in [-0.2, -0.15) is 5.10 Å². The Kier molecular flexibility index (Phi) is 3.60. The van der Waals surface area contributed by atoms with Gasteiger partial charge in [0, 0.05) is 50.2 Å². The van der Waals surface area contributed by atoms with Crippen LogP contribution in [0.1, 0.15) is 34.8 Å². The van der Waals surface area contributed by atoms with Crippen LogP contribution in [0.25, 0.3) is 0 Å². The first-order valence-corrected chi connectivity index (χ1v) is 7.10. The zero-order chi connectivity index (χ0) is 14.8. The maximum Gasteiger partial charge on any atom is 0.255 e. The number of H-pyrrole nitrogens is 1. The first-order chi connectivity index (χ1) is 10.1. The summed E-state index contributed by atoms with van der Waals surface area (Å²) < 4.78 is 1.43. The summed E-state index contributed by atoms with van der Waals surface area (Å²) in [6.45, 7) is 1.44. The molecule has 1 saturated heterocycles. The Morgan fingerprint density at radius 1 is 1.38 bits per heavy atom. The Balaban J connectivity index is 1.78. The standard InChI is InChI=1S/C15H18N4O2/c1-18-9-12(4-5-14(18)20)15(21)19-8-2-3-11(10-19)13-6-7-16-17-13/h4-7,9,11H,2-3,8,10H2,1H3,(H,16,17)/t11-/m0/s1. The van der Waals surface area contributed by atoms with E-state index in [1.165, 1.54) is 10.6 Å². The predicted molar refractivity (Wildman–Crippen MR) is 78.1 cm³/mol. The van der Waals surface area contributed by atoms with Crippen molar-refractivity contribution in [1.82, 2.24) is 19.7 Å². The van der Waals surface area contributed by atoms with Gasteiger partial charge in [-0.25, -0.2) is 0 Å². The maximum absolute atomic E-state index is 12.6. The highest BCUT2D eigenvalue weighted by molar-refractivity contribution is 5.94. The number of hydrogen-bond acceptors (Lipinski definition) is 3. The quantitative estimate of drug-likeness (QED) is 0.899. The van der Waals surface area contributed by atoms with Crippen LogP contribution in [0.2, 0.25) is 0 Å². The minimum absolute atomic E-state index is 0.0187. The van der Waals surface area contributed by atoms with E-state index in [0.717, 1.165) is 25.1 Å². The van der Waals surface area contributed by atoms with Crippen LogP contribution >= 0.6 is 0 Å². The molecular weight excluding hydrogens is 268 g/mol. The second-order valence-electron chi connectivity index (χ2n) is 5.47. The highest BCUT2D eigenvalue weighted by Gasteiger charge is 2.26. The molecule has 1 N–H and O–H groups in total. The van der Waals surface area contributed by atoms with Gasteiger partial charge < -0.3 is 9.47 Å². The van der Waals surface area contributed by atoms with Crippen LogP contribution in [-0.2, 0) is 7.05 Å². The zero-order valence-corrected chi connectivity index (χ0v) is 12.0. The lowest BCUT2D eigenvalue weighted by Gasteiger charge is -2.32. The highest BCUT2D eigenvalue weighted by atomic mass is 16.2. The number of aromatic amines is 1. The lowest BCUT2D eigenvalue weighted by molar-refractivity contribution is 0.0705.